The Kier molecular flexibility index (Phi) is 7.56. The molecule has 0 saturated carbocycles. The molecule has 9 heteroatoms. The molecule has 28 heavy (non-hydrogen) atoms. The van der Waals surface area contributed by atoms with E-state index < -0.39 is 10.0 Å². The molecule has 1 N–H and O–H groups in total. The Labute approximate surface area is 167 Å². The highest BCUT2D eigenvalue weighted by Crippen LogP contribution is 2.23. The number of sulfonamides is 1. The first-order valence-electron chi connectivity index (χ1n) is 9.57. The monoisotopic (exact) mass is 410 g/mol. The van der Waals surface area contributed by atoms with Crippen molar-refractivity contribution in [3.63, 3.8) is 0 Å². The zero-order chi connectivity index (χ0) is 20.9. The van der Waals surface area contributed by atoms with E-state index in [4.69, 9.17) is 0 Å². The average Bonchev–Trinajstić information content (AvgIpc) is 2.64. The number of nitrogens with zero attached hydrogens (tertiary/aromatic N) is 3. The van der Waals surface area contributed by atoms with Crippen molar-refractivity contribution in [1.82, 2.24) is 14.1 Å². The topological polar surface area (TPSA) is 90.0 Å². The van der Waals surface area contributed by atoms with Crippen LogP contribution in [0.5, 0.6) is 0 Å². The van der Waals surface area contributed by atoms with Crippen LogP contribution in [0.2, 0.25) is 0 Å². The molecule has 2 rings (SSSR count). The third-order valence-corrected chi connectivity index (χ3v) is 7.17. The van der Waals surface area contributed by atoms with Crippen LogP contribution in [0.3, 0.4) is 0 Å². The summed E-state index contributed by atoms with van der Waals surface area (Å²) >= 11 is 0. The highest BCUT2D eigenvalue weighted by Gasteiger charge is 2.24. The summed E-state index contributed by atoms with van der Waals surface area (Å²) in [5, 5.41) is 2.79. The van der Waals surface area contributed by atoms with Crippen molar-refractivity contribution in [2.24, 2.45) is 0 Å². The van der Waals surface area contributed by atoms with E-state index in [9.17, 15) is 18.0 Å². The lowest BCUT2D eigenvalue weighted by Gasteiger charge is -2.33. The van der Waals surface area contributed by atoms with Gasteiger partial charge in [0.2, 0.25) is 21.8 Å². The number of nitrogens with one attached hydrogen (secondary N) is 1. The summed E-state index contributed by atoms with van der Waals surface area (Å²) in [4.78, 5) is 27.7. The highest BCUT2D eigenvalue weighted by atomic mass is 32.2. The molecule has 1 aliphatic rings. The minimum absolute atomic E-state index is 0.0469. The molecule has 2 amide bonds. The van der Waals surface area contributed by atoms with Gasteiger partial charge >= 0.3 is 0 Å². The van der Waals surface area contributed by atoms with E-state index in [1.807, 2.05) is 4.90 Å². The molecule has 1 aromatic carbocycles. The van der Waals surface area contributed by atoms with E-state index in [2.05, 4.69) is 5.32 Å². The van der Waals surface area contributed by atoms with Crippen LogP contribution in [0.15, 0.2) is 23.1 Å². The third-order valence-electron chi connectivity index (χ3n) is 4.98. The number of hydrogen-bond acceptors (Lipinski definition) is 5. The first-order valence-corrected chi connectivity index (χ1v) is 11.0. The maximum absolute atomic E-state index is 12.8. The van der Waals surface area contributed by atoms with Crippen LogP contribution < -0.4 is 5.32 Å². The van der Waals surface area contributed by atoms with Crippen molar-refractivity contribution in [1.29, 1.82) is 0 Å². The van der Waals surface area contributed by atoms with Crippen LogP contribution in [-0.2, 0) is 19.6 Å². The lowest BCUT2D eigenvalue weighted by atomic mass is 10.2. The van der Waals surface area contributed by atoms with Crippen molar-refractivity contribution < 1.29 is 18.0 Å². The van der Waals surface area contributed by atoms with Crippen molar-refractivity contribution >= 4 is 27.5 Å². The standard InChI is InChI=1S/C19H30N4O4S/c1-5-23(6-2)28(26,27)18-13-17(8-7-15(18)3)20-19(25)14-21-9-11-22(12-10-21)16(4)24/h7-8,13H,5-6,9-12,14H2,1-4H3,(H,20,25). The Morgan fingerprint density at radius 2 is 1.71 bits per heavy atom. The van der Waals surface area contributed by atoms with Gasteiger partial charge in [-0.3, -0.25) is 14.5 Å². The highest BCUT2D eigenvalue weighted by molar-refractivity contribution is 7.89. The molecule has 0 aromatic heterocycles. The molecule has 1 fully saturated rings. The van der Waals surface area contributed by atoms with Gasteiger partial charge in [-0.25, -0.2) is 8.42 Å². The molecular formula is C19H30N4O4S. The van der Waals surface area contributed by atoms with E-state index in [0.29, 0.717) is 50.5 Å². The Balaban J connectivity index is 2.05. The van der Waals surface area contributed by atoms with Gasteiger partial charge in [0.25, 0.3) is 0 Å². The normalized spacial score (nSPS) is 15.7. The van der Waals surface area contributed by atoms with E-state index in [-0.39, 0.29) is 23.3 Å². The fourth-order valence-corrected chi connectivity index (χ4v) is 4.99. The second-order valence-corrected chi connectivity index (χ2v) is 8.81. The van der Waals surface area contributed by atoms with Crippen LogP contribution >= 0.6 is 0 Å². The van der Waals surface area contributed by atoms with Gasteiger partial charge in [-0.1, -0.05) is 19.9 Å². The van der Waals surface area contributed by atoms with Crippen LogP contribution in [-0.4, -0.2) is 80.2 Å². The summed E-state index contributed by atoms with van der Waals surface area (Å²) in [5.41, 5.74) is 1.11. The van der Waals surface area contributed by atoms with Gasteiger partial charge < -0.3 is 10.2 Å². The minimum Gasteiger partial charge on any atom is -0.340 e. The van der Waals surface area contributed by atoms with Crippen LogP contribution in [0.25, 0.3) is 0 Å². The minimum atomic E-state index is -3.60. The van der Waals surface area contributed by atoms with Crippen LogP contribution in [0.1, 0.15) is 26.3 Å². The molecule has 0 spiro atoms. The fourth-order valence-electron chi connectivity index (χ4n) is 3.28. The molecule has 0 aliphatic carbocycles. The van der Waals surface area contributed by atoms with E-state index in [1.165, 1.54) is 10.4 Å². The summed E-state index contributed by atoms with van der Waals surface area (Å²) in [6.45, 7) is 10.4. The SMILES string of the molecule is CCN(CC)S(=O)(=O)c1cc(NC(=O)CN2CCN(C(C)=O)CC2)ccc1C. The summed E-state index contributed by atoms with van der Waals surface area (Å²) in [6, 6.07) is 4.94. The molecule has 156 valence electrons. The summed E-state index contributed by atoms with van der Waals surface area (Å²) in [6.07, 6.45) is 0. The van der Waals surface area contributed by atoms with Gasteiger partial charge in [-0.2, -0.15) is 4.31 Å². The summed E-state index contributed by atoms with van der Waals surface area (Å²) < 4.78 is 27.1. The Morgan fingerprint density at radius 3 is 2.25 bits per heavy atom. The van der Waals surface area contributed by atoms with Gasteiger partial charge in [0.1, 0.15) is 0 Å². The van der Waals surface area contributed by atoms with Crippen molar-refractivity contribution in [3.05, 3.63) is 23.8 Å². The number of piperazine rings is 1. The number of amides is 2. The molecule has 1 aliphatic heterocycles. The number of carbonyl (C=O) groups excluding carboxylic acids is 2. The van der Waals surface area contributed by atoms with E-state index in [1.54, 1.807) is 44.7 Å². The lowest BCUT2D eigenvalue weighted by Crippen LogP contribution is -2.49. The molecule has 0 unspecified atom stereocenters. The predicted molar refractivity (Wildman–Crippen MR) is 109 cm³/mol. The molecular weight excluding hydrogens is 380 g/mol. The quantitative estimate of drug-likeness (QED) is 0.728. The largest absolute Gasteiger partial charge is 0.340 e. The molecule has 1 aromatic rings. The fraction of sp³-hybridized carbons (Fsp3) is 0.579. The van der Waals surface area contributed by atoms with Crippen molar-refractivity contribution in [2.75, 3.05) is 51.1 Å². The Bertz CT molecular complexity index is 813. The number of carbonyl (C=O) groups is 2. The van der Waals surface area contributed by atoms with Crippen LogP contribution in [0, 0.1) is 6.92 Å². The second kappa shape index (κ2) is 9.49. The number of benzene rings is 1. The summed E-state index contributed by atoms with van der Waals surface area (Å²) in [5.74, 6) is -0.156. The third kappa shape index (κ3) is 5.30. The zero-order valence-corrected chi connectivity index (χ0v) is 17.9. The molecule has 0 radical (unpaired) electrons. The number of rotatable bonds is 7. The zero-order valence-electron chi connectivity index (χ0n) is 17.1. The summed E-state index contributed by atoms with van der Waals surface area (Å²) in [7, 11) is -3.60. The first-order chi connectivity index (χ1) is 13.2. The molecule has 0 bridgehead atoms. The smallest absolute Gasteiger partial charge is 0.243 e. The second-order valence-electron chi connectivity index (χ2n) is 6.90. The maximum Gasteiger partial charge on any atom is 0.243 e. The van der Waals surface area contributed by atoms with E-state index >= 15 is 0 Å². The molecule has 8 nitrogen and oxygen atoms in total. The number of anilines is 1. The predicted octanol–water partition coefficient (Wildman–Crippen LogP) is 1.13. The van der Waals surface area contributed by atoms with Gasteiger partial charge in [0.15, 0.2) is 0 Å². The Hall–Kier alpha value is -1.97. The van der Waals surface area contributed by atoms with Crippen LogP contribution in [0.4, 0.5) is 5.69 Å². The number of hydrogen-bond donors (Lipinski definition) is 1. The first kappa shape index (κ1) is 22.3. The van der Waals surface area contributed by atoms with Gasteiger partial charge in [-0.05, 0) is 24.6 Å². The van der Waals surface area contributed by atoms with Crippen molar-refractivity contribution in [3.8, 4) is 0 Å². The van der Waals surface area contributed by atoms with E-state index in [0.717, 1.165) is 0 Å². The van der Waals surface area contributed by atoms with Crippen molar-refractivity contribution in [2.45, 2.75) is 32.6 Å². The molecule has 0 atom stereocenters. The number of aryl methyl sites for hydroxylation is 1. The molecule has 1 heterocycles. The Morgan fingerprint density at radius 1 is 1.11 bits per heavy atom. The van der Waals surface area contributed by atoms with Gasteiger partial charge in [-0.15, -0.1) is 0 Å². The lowest BCUT2D eigenvalue weighted by molar-refractivity contribution is -0.130. The van der Waals surface area contributed by atoms with Gasteiger partial charge in [0, 0.05) is 51.9 Å². The average molecular weight is 411 g/mol. The van der Waals surface area contributed by atoms with Gasteiger partial charge in [0.05, 0.1) is 11.4 Å². The maximum atomic E-state index is 12.8. The molecule has 1 saturated heterocycles.